The summed E-state index contributed by atoms with van der Waals surface area (Å²) in [5.41, 5.74) is 1.84. The minimum absolute atomic E-state index is 0.0938. The Balaban J connectivity index is 1.42. The molecule has 142 valence electrons. The smallest absolute Gasteiger partial charge is 0.231 e. The summed E-state index contributed by atoms with van der Waals surface area (Å²) in [5, 5.41) is 3.49. The molecule has 2 heterocycles. The number of aromatic nitrogens is 1. The zero-order chi connectivity index (χ0) is 19.0. The Labute approximate surface area is 162 Å². The Bertz CT molecular complexity index is 858. The highest BCUT2D eigenvalue weighted by Crippen LogP contribution is 2.33. The molecule has 1 aromatic carbocycles. The molecule has 0 bridgehead atoms. The van der Waals surface area contributed by atoms with Crippen LogP contribution in [0.1, 0.15) is 24.1 Å². The number of anilines is 1. The first kappa shape index (κ1) is 18.0. The number of carbonyl (C=O) groups is 2. The molecule has 7 heteroatoms. The third kappa shape index (κ3) is 3.98. The van der Waals surface area contributed by atoms with Crippen LogP contribution in [0, 0.1) is 18.8 Å². The van der Waals surface area contributed by atoms with Crippen LogP contribution in [0.3, 0.4) is 0 Å². The number of hydrogen-bond acceptors (Lipinski definition) is 5. The number of hydrogen-bond donors (Lipinski definition) is 1. The van der Waals surface area contributed by atoms with Gasteiger partial charge in [-0.25, -0.2) is 4.98 Å². The van der Waals surface area contributed by atoms with Crippen molar-refractivity contribution in [3.63, 3.8) is 0 Å². The fourth-order valence-corrected chi connectivity index (χ4v) is 4.25. The number of amides is 2. The molecule has 1 aliphatic heterocycles. The van der Waals surface area contributed by atoms with E-state index in [1.54, 1.807) is 7.11 Å². The van der Waals surface area contributed by atoms with Crippen molar-refractivity contribution in [1.82, 2.24) is 9.88 Å². The highest BCUT2D eigenvalue weighted by Gasteiger charge is 2.37. The molecule has 1 saturated carbocycles. The minimum Gasteiger partial charge on any atom is -0.497 e. The molecule has 2 aliphatic rings. The van der Waals surface area contributed by atoms with Crippen molar-refractivity contribution in [3.05, 3.63) is 29.1 Å². The molecule has 1 atom stereocenters. The van der Waals surface area contributed by atoms with Crippen LogP contribution in [0.15, 0.2) is 24.3 Å². The first-order chi connectivity index (χ1) is 13.0. The Morgan fingerprint density at radius 2 is 2.07 bits per heavy atom. The number of benzene rings is 1. The zero-order valence-electron chi connectivity index (χ0n) is 15.5. The monoisotopic (exact) mass is 385 g/mol. The van der Waals surface area contributed by atoms with Crippen LogP contribution < -0.4 is 10.1 Å². The maximum absolute atomic E-state index is 12.6. The second kappa shape index (κ2) is 7.31. The summed E-state index contributed by atoms with van der Waals surface area (Å²) in [5.74, 6) is 1.13. The van der Waals surface area contributed by atoms with Gasteiger partial charge in [0.25, 0.3) is 0 Å². The first-order valence-electron chi connectivity index (χ1n) is 9.24. The molecule has 0 spiro atoms. The quantitative estimate of drug-likeness (QED) is 0.828. The van der Waals surface area contributed by atoms with E-state index in [4.69, 9.17) is 4.74 Å². The van der Waals surface area contributed by atoms with Crippen LogP contribution in [-0.2, 0) is 9.59 Å². The second-order valence-corrected chi connectivity index (χ2v) is 8.49. The van der Waals surface area contributed by atoms with E-state index in [1.165, 1.54) is 24.2 Å². The summed E-state index contributed by atoms with van der Waals surface area (Å²) in [6.07, 6.45) is 2.70. The standard InChI is InChI=1S/C20H23N3O3S/c1-12-18(14-5-7-16(26-2)8-6-14)21-20(27-12)22-19(25)15-9-17(24)23(11-15)10-13-3-4-13/h5-8,13,15H,3-4,9-11H2,1-2H3,(H,21,22,25). The summed E-state index contributed by atoms with van der Waals surface area (Å²) < 4.78 is 5.19. The fraction of sp³-hybridized carbons (Fsp3) is 0.450. The highest BCUT2D eigenvalue weighted by atomic mass is 32.1. The second-order valence-electron chi connectivity index (χ2n) is 7.28. The molecule has 1 aliphatic carbocycles. The Morgan fingerprint density at radius 1 is 1.33 bits per heavy atom. The van der Waals surface area contributed by atoms with Crippen molar-refractivity contribution in [3.8, 4) is 17.0 Å². The van der Waals surface area contributed by atoms with Crippen LogP contribution in [0.25, 0.3) is 11.3 Å². The molecule has 2 amide bonds. The Morgan fingerprint density at radius 3 is 2.74 bits per heavy atom. The maximum atomic E-state index is 12.6. The lowest BCUT2D eigenvalue weighted by Crippen LogP contribution is -2.29. The molecule has 1 aromatic heterocycles. The molecule has 2 aromatic rings. The van der Waals surface area contributed by atoms with Crippen molar-refractivity contribution in [2.24, 2.45) is 11.8 Å². The minimum atomic E-state index is -0.287. The van der Waals surface area contributed by atoms with Crippen molar-refractivity contribution in [1.29, 1.82) is 0 Å². The molecule has 1 N–H and O–H groups in total. The van der Waals surface area contributed by atoms with Crippen LogP contribution in [0.5, 0.6) is 5.75 Å². The molecular weight excluding hydrogens is 362 g/mol. The van der Waals surface area contributed by atoms with E-state index >= 15 is 0 Å². The Kier molecular flexibility index (Phi) is 4.86. The average Bonchev–Trinajstić information content (AvgIpc) is 3.30. The number of aryl methyl sites for hydroxylation is 1. The van der Waals surface area contributed by atoms with E-state index in [0.717, 1.165) is 28.4 Å². The van der Waals surface area contributed by atoms with Gasteiger partial charge in [-0.1, -0.05) is 0 Å². The Hall–Kier alpha value is -2.41. The third-order valence-electron chi connectivity index (χ3n) is 5.15. The predicted molar refractivity (Wildman–Crippen MR) is 105 cm³/mol. The summed E-state index contributed by atoms with van der Waals surface area (Å²) >= 11 is 1.46. The van der Waals surface area contributed by atoms with Crippen molar-refractivity contribution in [2.75, 3.05) is 25.5 Å². The maximum Gasteiger partial charge on any atom is 0.231 e. The van der Waals surface area contributed by atoms with Gasteiger partial charge >= 0.3 is 0 Å². The van der Waals surface area contributed by atoms with Crippen molar-refractivity contribution < 1.29 is 14.3 Å². The van der Waals surface area contributed by atoms with Crippen LogP contribution >= 0.6 is 11.3 Å². The van der Waals surface area contributed by atoms with Crippen LogP contribution in [0.4, 0.5) is 5.13 Å². The molecule has 2 fully saturated rings. The van der Waals surface area contributed by atoms with E-state index in [1.807, 2.05) is 36.1 Å². The van der Waals surface area contributed by atoms with Crippen LogP contribution in [0.2, 0.25) is 0 Å². The lowest BCUT2D eigenvalue weighted by Gasteiger charge is -2.15. The van der Waals surface area contributed by atoms with E-state index in [2.05, 4.69) is 10.3 Å². The van der Waals surface area contributed by atoms with Gasteiger partial charge in [-0.3, -0.25) is 9.59 Å². The van der Waals surface area contributed by atoms with Gasteiger partial charge in [-0.05, 0) is 49.9 Å². The largest absolute Gasteiger partial charge is 0.497 e. The lowest BCUT2D eigenvalue weighted by molar-refractivity contribution is -0.128. The highest BCUT2D eigenvalue weighted by molar-refractivity contribution is 7.16. The molecule has 4 rings (SSSR count). The van der Waals surface area contributed by atoms with Gasteiger partial charge in [-0.15, -0.1) is 11.3 Å². The number of nitrogens with one attached hydrogen (secondary N) is 1. The number of methoxy groups -OCH3 is 1. The van der Waals surface area contributed by atoms with Gasteiger partial charge in [0.2, 0.25) is 11.8 Å². The van der Waals surface area contributed by atoms with Gasteiger partial charge in [0.1, 0.15) is 5.75 Å². The van der Waals surface area contributed by atoms with E-state index < -0.39 is 0 Å². The number of ether oxygens (including phenoxy) is 1. The first-order valence-corrected chi connectivity index (χ1v) is 10.1. The van der Waals surface area contributed by atoms with E-state index in [0.29, 0.717) is 24.0 Å². The molecule has 6 nitrogen and oxygen atoms in total. The van der Waals surface area contributed by atoms with Crippen molar-refractivity contribution in [2.45, 2.75) is 26.2 Å². The summed E-state index contributed by atoms with van der Waals surface area (Å²) in [6, 6.07) is 7.70. The van der Waals surface area contributed by atoms with Gasteiger partial charge in [0.15, 0.2) is 5.13 Å². The van der Waals surface area contributed by atoms with Gasteiger partial charge in [0.05, 0.1) is 18.7 Å². The molecule has 1 saturated heterocycles. The summed E-state index contributed by atoms with van der Waals surface area (Å²) in [7, 11) is 1.64. The normalized spacial score (nSPS) is 19.4. The summed E-state index contributed by atoms with van der Waals surface area (Å²) in [6.45, 7) is 3.32. The summed E-state index contributed by atoms with van der Waals surface area (Å²) in [4.78, 5) is 32.2. The van der Waals surface area contributed by atoms with E-state index in [9.17, 15) is 9.59 Å². The van der Waals surface area contributed by atoms with Crippen LogP contribution in [-0.4, -0.2) is 41.9 Å². The molecule has 1 unspecified atom stereocenters. The number of likely N-dealkylation sites (tertiary alicyclic amines) is 1. The SMILES string of the molecule is COc1ccc(-c2nc(NC(=O)C3CC(=O)N(CC4CC4)C3)sc2C)cc1. The zero-order valence-corrected chi connectivity index (χ0v) is 16.3. The van der Waals surface area contributed by atoms with Crippen molar-refractivity contribution >= 4 is 28.3 Å². The third-order valence-corrected chi connectivity index (χ3v) is 6.04. The predicted octanol–water partition coefficient (Wildman–Crippen LogP) is 3.32. The molecule has 27 heavy (non-hydrogen) atoms. The average molecular weight is 385 g/mol. The van der Waals surface area contributed by atoms with Gasteiger partial charge in [-0.2, -0.15) is 0 Å². The molecule has 0 radical (unpaired) electrons. The lowest BCUT2D eigenvalue weighted by atomic mass is 10.1. The van der Waals surface area contributed by atoms with E-state index in [-0.39, 0.29) is 17.7 Å². The number of nitrogens with zero attached hydrogens (tertiary/aromatic N) is 2. The number of carbonyl (C=O) groups excluding carboxylic acids is 2. The molecular formula is C20H23N3O3S. The number of thiazole rings is 1. The van der Waals surface area contributed by atoms with Gasteiger partial charge in [0, 0.05) is 30.0 Å². The topological polar surface area (TPSA) is 71.5 Å². The van der Waals surface area contributed by atoms with Gasteiger partial charge < -0.3 is 15.0 Å². The fourth-order valence-electron chi connectivity index (χ4n) is 3.41. The number of rotatable bonds is 6.